The van der Waals surface area contributed by atoms with Crippen LogP contribution in [0.25, 0.3) is 0 Å². The monoisotopic (exact) mass is 1060 g/mol. The van der Waals surface area contributed by atoms with E-state index in [1.54, 1.807) is 63.0 Å². The van der Waals surface area contributed by atoms with Gasteiger partial charge in [0.05, 0.1) is 111 Å². The van der Waals surface area contributed by atoms with Crippen LogP contribution in [0.1, 0.15) is 149 Å². The zero-order chi connectivity index (χ0) is 56.4. The minimum atomic E-state index is -1.10. The molecule has 20 nitrogen and oxygen atoms in total. The van der Waals surface area contributed by atoms with Crippen LogP contribution in [0.15, 0.2) is 12.2 Å². The minimum Gasteiger partial charge on any atom is -0.550 e. The summed E-state index contributed by atoms with van der Waals surface area (Å²) in [5, 5.41) is 48.7. The Bertz CT molecular complexity index is 937. The number of hydrogen-bond acceptors (Lipinski definition) is 16. The lowest BCUT2D eigenvalue weighted by molar-refractivity contribution is -0.657. The number of nitrogens with two attached hydrogens (primary N) is 4. The van der Waals surface area contributed by atoms with Crippen LogP contribution >= 0.6 is 0 Å². The van der Waals surface area contributed by atoms with Gasteiger partial charge in [0.25, 0.3) is 0 Å². The maximum absolute atomic E-state index is 10.0. The van der Waals surface area contributed by atoms with Crippen LogP contribution in [0.2, 0.25) is 0 Å². The summed E-state index contributed by atoms with van der Waals surface area (Å²) in [6, 6.07) is 0. The number of ether oxygens (including phenoxy) is 8. The molecule has 0 aromatic heterocycles. The number of aliphatic carboxylic acids is 4. The maximum atomic E-state index is 10.0. The van der Waals surface area contributed by atoms with Crippen molar-refractivity contribution >= 4 is 23.9 Å². The topological polar surface area (TPSA) is 301 Å². The Morgan fingerprint density at radius 1 is 0.329 bits per heavy atom. The molecular formula is C53H114N4O16. The molecule has 0 heterocycles. The van der Waals surface area contributed by atoms with E-state index in [1.165, 1.54) is 51.4 Å². The molecule has 442 valence electrons. The molecule has 0 unspecified atom stereocenters. The fourth-order valence-corrected chi connectivity index (χ4v) is 5.53. The molecule has 0 spiro atoms. The molecule has 73 heavy (non-hydrogen) atoms. The molecule has 0 radical (unpaired) electrons. The van der Waals surface area contributed by atoms with Crippen molar-refractivity contribution in [3.63, 3.8) is 0 Å². The fraction of sp³-hybridized carbons (Fsp3) is 0.887. The van der Waals surface area contributed by atoms with E-state index in [0.717, 1.165) is 163 Å². The Hall–Kier alpha value is -2.86. The molecule has 0 aliphatic heterocycles. The summed E-state index contributed by atoms with van der Waals surface area (Å²) in [6.45, 7) is 19.1. The molecule has 20 heteroatoms. The van der Waals surface area contributed by atoms with E-state index in [2.05, 4.69) is 35.1 Å². The van der Waals surface area contributed by atoms with Crippen molar-refractivity contribution < 1.29 is 98.8 Å². The first-order valence-corrected chi connectivity index (χ1v) is 27.0. The zero-order valence-corrected chi connectivity index (χ0v) is 48.2. The van der Waals surface area contributed by atoms with Gasteiger partial charge in [0, 0.05) is 74.8 Å². The summed E-state index contributed by atoms with van der Waals surface area (Å²) >= 11 is 0. The molecular weight excluding hydrogens is 949 g/mol. The Balaban J connectivity index is -0.000000140. The fourth-order valence-electron chi connectivity index (χ4n) is 5.53. The van der Waals surface area contributed by atoms with Gasteiger partial charge in [-0.15, -0.1) is 0 Å². The van der Waals surface area contributed by atoms with Gasteiger partial charge < -0.3 is 98.8 Å². The number of hydrogen-bond donors (Lipinski definition) is 4. The lowest BCUT2D eigenvalue weighted by atomic mass is 10.1. The highest BCUT2D eigenvalue weighted by atomic mass is 16.5. The first kappa shape index (κ1) is 84.1. The molecule has 0 bridgehead atoms. The Morgan fingerprint density at radius 3 is 0.726 bits per heavy atom. The van der Waals surface area contributed by atoms with Crippen LogP contribution in [0.4, 0.5) is 0 Å². The van der Waals surface area contributed by atoms with E-state index >= 15 is 0 Å². The third-order valence-electron chi connectivity index (χ3n) is 9.68. The number of unbranched alkanes of at least 4 members (excludes halogenated alkanes) is 15. The second-order valence-corrected chi connectivity index (χ2v) is 16.6. The SMILES string of the molecule is CCCCCCC=CC(=O)[O-].CCCCCCCCCC(=O)[O-].COCC[NH2+]CCOC.COCC[NH2+]CCOC.COCC[NH2+]CCOC.COCC[NH2+]CCOC.O=C([O-])CCCCCCCCC(=O)[O-]. The highest BCUT2D eigenvalue weighted by Crippen LogP contribution is 2.09. The minimum absolute atomic E-state index is 0.124. The molecule has 0 aliphatic rings. The van der Waals surface area contributed by atoms with Crippen molar-refractivity contribution in [3.8, 4) is 0 Å². The van der Waals surface area contributed by atoms with Crippen molar-refractivity contribution in [2.24, 2.45) is 0 Å². The molecule has 0 aliphatic carbocycles. The highest BCUT2D eigenvalue weighted by Gasteiger charge is 1.94. The average molecular weight is 1060 g/mol. The van der Waals surface area contributed by atoms with Gasteiger partial charge in [-0.2, -0.15) is 0 Å². The predicted octanol–water partition coefficient (Wildman–Crippen LogP) is -1.88. The van der Waals surface area contributed by atoms with Gasteiger partial charge in [0.15, 0.2) is 0 Å². The molecule has 0 saturated carbocycles. The summed E-state index contributed by atoms with van der Waals surface area (Å²) in [4.78, 5) is 40.0. The average Bonchev–Trinajstić information content (AvgIpc) is 3.36. The molecule has 8 N–H and O–H groups in total. The maximum Gasteiger partial charge on any atom is 0.0993 e. The molecule has 0 aromatic rings. The van der Waals surface area contributed by atoms with E-state index in [-0.39, 0.29) is 19.3 Å². The van der Waals surface area contributed by atoms with Gasteiger partial charge in [-0.05, 0) is 57.4 Å². The molecule has 0 aromatic carbocycles. The molecule has 0 fully saturated rings. The van der Waals surface area contributed by atoms with Gasteiger partial charge in [0.1, 0.15) is 0 Å². The lowest BCUT2D eigenvalue weighted by Crippen LogP contribution is -2.86. The smallest absolute Gasteiger partial charge is 0.0993 e. The van der Waals surface area contributed by atoms with Crippen LogP contribution in [0.5, 0.6) is 0 Å². The van der Waals surface area contributed by atoms with Crippen molar-refractivity contribution in [2.75, 3.05) is 162 Å². The third kappa shape index (κ3) is 129. The van der Waals surface area contributed by atoms with Crippen LogP contribution in [-0.2, 0) is 57.1 Å². The van der Waals surface area contributed by atoms with E-state index in [0.29, 0.717) is 12.8 Å². The van der Waals surface area contributed by atoms with Gasteiger partial charge in [-0.3, -0.25) is 0 Å². The quantitative estimate of drug-likeness (QED) is 0.0383. The van der Waals surface area contributed by atoms with Crippen molar-refractivity contribution in [2.45, 2.75) is 149 Å². The first-order chi connectivity index (χ1) is 35.3. The van der Waals surface area contributed by atoms with Gasteiger partial charge in [-0.1, -0.05) is 103 Å². The van der Waals surface area contributed by atoms with Gasteiger partial charge in [-0.25, -0.2) is 0 Å². The standard InChI is InChI=1S/C10H18O4.C10H20O2.C9H16O2.4C6H15NO2/c11-9(12)7-5-3-1-2-4-6-8-10(13)14;1-2-3-4-5-6-7-8-9-10(11)12;1-2-3-4-5-6-7-8-9(10)11;4*1-8-5-3-7-4-6-9-2/h1-8H2,(H,11,12)(H,13,14);2-9H2,1H3,(H,11,12);7-8H,2-6H2,1H3,(H,10,11);4*7H,3-6H2,1-2H3. The Labute approximate surface area is 444 Å². The predicted molar refractivity (Wildman–Crippen MR) is 279 cm³/mol. The van der Waals surface area contributed by atoms with Crippen LogP contribution in [-0.4, -0.2) is 186 Å². The molecule has 0 amide bonds. The van der Waals surface area contributed by atoms with Crippen molar-refractivity contribution in [3.05, 3.63) is 12.2 Å². The lowest BCUT2D eigenvalue weighted by Gasteiger charge is -2.03. The number of carbonyl (C=O) groups excluding carboxylic acids is 4. The van der Waals surface area contributed by atoms with E-state index in [4.69, 9.17) is 37.9 Å². The number of methoxy groups -OCH3 is 8. The number of carboxylic acid groups (broad SMARTS) is 4. The van der Waals surface area contributed by atoms with E-state index in [1.807, 2.05) is 0 Å². The summed E-state index contributed by atoms with van der Waals surface area (Å²) in [5.41, 5.74) is 0. The number of quaternary nitrogens is 4. The number of allylic oxidation sites excluding steroid dienone is 1. The first-order valence-electron chi connectivity index (χ1n) is 27.0. The highest BCUT2D eigenvalue weighted by molar-refractivity contribution is 5.77. The van der Waals surface area contributed by atoms with Gasteiger partial charge in [0.2, 0.25) is 0 Å². The summed E-state index contributed by atoms with van der Waals surface area (Å²) in [6.07, 6.45) is 21.9. The normalized spacial score (nSPS) is 10.1. The Kier molecular flexibility index (Phi) is 102. The zero-order valence-electron chi connectivity index (χ0n) is 48.2. The second kappa shape index (κ2) is 88.8. The van der Waals surface area contributed by atoms with Crippen molar-refractivity contribution in [1.82, 2.24) is 0 Å². The number of rotatable bonds is 47. The van der Waals surface area contributed by atoms with E-state index in [9.17, 15) is 39.6 Å². The van der Waals surface area contributed by atoms with Crippen LogP contribution < -0.4 is 41.7 Å². The van der Waals surface area contributed by atoms with Crippen LogP contribution in [0.3, 0.4) is 0 Å². The van der Waals surface area contributed by atoms with E-state index < -0.39 is 23.9 Å². The molecule has 0 rings (SSSR count). The summed E-state index contributed by atoms with van der Waals surface area (Å²) in [5.74, 6) is -4.01. The number of carbonyl (C=O) groups is 4. The summed E-state index contributed by atoms with van der Waals surface area (Å²) < 4.78 is 38.8. The van der Waals surface area contributed by atoms with Crippen molar-refractivity contribution in [1.29, 1.82) is 0 Å². The largest absolute Gasteiger partial charge is 0.550 e. The Morgan fingerprint density at radius 2 is 0.534 bits per heavy atom. The summed E-state index contributed by atoms with van der Waals surface area (Å²) in [7, 11) is 13.7. The molecule has 0 saturated heterocycles. The van der Waals surface area contributed by atoms with Gasteiger partial charge >= 0.3 is 0 Å². The second-order valence-electron chi connectivity index (χ2n) is 16.6. The number of carboxylic acids is 4. The third-order valence-corrected chi connectivity index (χ3v) is 9.68. The molecule has 0 atom stereocenters. The van der Waals surface area contributed by atoms with Crippen LogP contribution in [0, 0.1) is 0 Å².